The first-order valence-electron chi connectivity index (χ1n) is 7.03. The van der Waals surface area contributed by atoms with Crippen molar-refractivity contribution in [1.82, 2.24) is 5.32 Å². The van der Waals surface area contributed by atoms with Crippen LogP contribution in [0.1, 0.15) is 18.1 Å². The van der Waals surface area contributed by atoms with E-state index in [2.05, 4.69) is 5.32 Å². The fraction of sp³-hybridized carbons (Fsp3) is 0.600. The van der Waals surface area contributed by atoms with Gasteiger partial charge in [0.2, 0.25) is 0 Å². The molecule has 1 unspecified atom stereocenters. The summed E-state index contributed by atoms with van der Waals surface area (Å²) in [7, 11) is 1.64. The van der Waals surface area contributed by atoms with E-state index >= 15 is 0 Å². The highest BCUT2D eigenvalue weighted by Gasteiger charge is 2.21. The summed E-state index contributed by atoms with van der Waals surface area (Å²) in [5.41, 5.74) is 2.14. The minimum absolute atomic E-state index is 0.190. The quantitative estimate of drug-likeness (QED) is 0.749. The van der Waals surface area contributed by atoms with Crippen LogP contribution in [0.25, 0.3) is 0 Å². The topological polar surface area (TPSA) is 39.7 Å². The van der Waals surface area contributed by atoms with Crippen LogP contribution in [0.5, 0.6) is 11.5 Å². The summed E-state index contributed by atoms with van der Waals surface area (Å²) in [4.78, 5) is 0. The van der Waals surface area contributed by atoms with Crippen molar-refractivity contribution < 1.29 is 23.0 Å². The maximum absolute atomic E-state index is 11.9. The summed E-state index contributed by atoms with van der Waals surface area (Å²) in [6.45, 7) is 2.85. The van der Waals surface area contributed by atoms with Crippen LogP contribution in [0.15, 0.2) is 12.1 Å². The van der Waals surface area contributed by atoms with Crippen molar-refractivity contribution in [2.24, 2.45) is 0 Å². The Balaban J connectivity index is 1.84. The molecule has 1 N–H and O–H groups in total. The molecule has 1 aliphatic heterocycles. The summed E-state index contributed by atoms with van der Waals surface area (Å²) in [6, 6.07) is 3.98. The van der Waals surface area contributed by atoms with E-state index < -0.39 is 13.0 Å². The highest BCUT2D eigenvalue weighted by Crippen LogP contribution is 2.34. The Morgan fingerprint density at radius 1 is 1.43 bits per heavy atom. The fourth-order valence-corrected chi connectivity index (χ4v) is 2.35. The van der Waals surface area contributed by atoms with Gasteiger partial charge >= 0.3 is 0 Å². The van der Waals surface area contributed by atoms with Gasteiger partial charge in [-0.3, -0.25) is 0 Å². The Hall–Kier alpha value is -1.40. The van der Waals surface area contributed by atoms with Gasteiger partial charge in [0, 0.05) is 30.6 Å². The van der Waals surface area contributed by atoms with E-state index in [1.54, 1.807) is 7.11 Å². The van der Waals surface area contributed by atoms with Crippen LogP contribution in [0, 0.1) is 0 Å². The van der Waals surface area contributed by atoms with Gasteiger partial charge in [0.15, 0.2) is 0 Å². The fourth-order valence-electron chi connectivity index (χ4n) is 2.35. The van der Waals surface area contributed by atoms with Crippen LogP contribution in [0.3, 0.4) is 0 Å². The van der Waals surface area contributed by atoms with Gasteiger partial charge in [0.05, 0.1) is 13.7 Å². The van der Waals surface area contributed by atoms with Crippen molar-refractivity contribution in [2.45, 2.75) is 32.4 Å². The van der Waals surface area contributed by atoms with Crippen molar-refractivity contribution in [2.75, 3.05) is 26.9 Å². The van der Waals surface area contributed by atoms with E-state index in [1.165, 1.54) is 0 Å². The highest BCUT2D eigenvalue weighted by molar-refractivity contribution is 5.48. The number of methoxy groups -OCH3 is 1. The summed E-state index contributed by atoms with van der Waals surface area (Å²) in [6.07, 6.45) is -1.34. The van der Waals surface area contributed by atoms with Gasteiger partial charge in [-0.15, -0.1) is 0 Å². The van der Waals surface area contributed by atoms with Crippen molar-refractivity contribution in [3.8, 4) is 11.5 Å². The first-order chi connectivity index (χ1) is 10.1. The van der Waals surface area contributed by atoms with Crippen molar-refractivity contribution in [3.63, 3.8) is 0 Å². The number of hydrogen-bond acceptors (Lipinski definition) is 4. The van der Waals surface area contributed by atoms with Gasteiger partial charge in [-0.05, 0) is 19.1 Å². The predicted molar refractivity (Wildman–Crippen MR) is 75.3 cm³/mol. The summed E-state index contributed by atoms with van der Waals surface area (Å²) in [5, 5.41) is 3.15. The molecule has 1 aromatic rings. The lowest BCUT2D eigenvalue weighted by molar-refractivity contribution is 0.0187. The van der Waals surface area contributed by atoms with Crippen LogP contribution in [0.2, 0.25) is 0 Å². The lowest BCUT2D eigenvalue weighted by atomic mass is 10.1. The molecule has 1 atom stereocenters. The molecule has 1 heterocycles. The van der Waals surface area contributed by atoms with Gasteiger partial charge in [0.1, 0.15) is 24.2 Å². The van der Waals surface area contributed by atoms with E-state index in [-0.39, 0.29) is 12.7 Å². The van der Waals surface area contributed by atoms with E-state index in [1.807, 2.05) is 19.1 Å². The second-order valence-electron chi connectivity index (χ2n) is 5.05. The monoisotopic (exact) mass is 301 g/mol. The normalized spacial score (nSPS) is 16.9. The molecule has 0 amide bonds. The summed E-state index contributed by atoms with van der Waals surface area (Å²) < 4.78 is 39.7. The van der Waals surface area contributed by atoms with Crippen molar-refractivity contribution in [1.29, 1.82) is 0 Å². The Morgan fingerprint density at radius 3 is 2.95 bits per heavy atom. The van der Waals surface area contributed by atoms with Crippen LogP contribution in [-0.4, -0.2) is 39.4 Å². The SMILES string of the molecule is COc1cc2c(cc1CNCCOCC(F)F)OC(C)C2. The highest BCUT2D eigenvalue weighted by atomic mass is 19.3. The van der Waals surface area contributed by atoms with Crippen LogP contribution < -0.4 is 14.8 Å². The number of nitrogens with one attached hydrogen (secondary N) is 1. The zero-order valence-corrected chi connectivity index (χ0v) is 12.3. The second-order valence-corrected chi connectivity index (χ2v) is 5.05. The average Bonchev–Trinajstić information content (AvgIpc) is 2.80. The molecule has 0 radical (unpaired) electrons. The Bertz CT molecular complexity index is 468. The largest absolute Gasteiger partial charge is 0.496 e. The number of rotatable bonds is 8. The Labute approximate surface area is 123 Å². The number of fused-ring (bicyclic) bond motifs is 1. The molecule has 0 spiro atoms. The Kier molecular flexibility index (Phi) is 5.76. The van der Waals surface area contributed by atoms with Gasteiger partial charge in [0.25, 0.3) is 6.43 Å². The third-order valence-corrected chi connectivity index (χ3v) is 3.28. The molecule has 0 fully saturated rings. The molecule has 118 valence electrons. The molecule has 1 aliphatic rings. The third-order valence-electron chi connectivity index (χ3n) is 3.28. The van der Waals surface area contributed by atoms with Crippen LogP contribution in [0.4, 0.5) is 8.78 Å². The number of hydrogen-bond donors (Lipinski definition) is 1. The van der Waals surface area contributed by atoms with E-state index in [9.17, 15) is 8.78 Å². The van der Waals surface area contributed by atoms with Gasteiger partial charge in [-0.25, -0.2) is 8.78 Å². The molecule has 1 aromatic carbocycles. The lowest BCUT2D eigenvalue weighted by Gasteiger charge is -2.12. The molecule has 0 bridgehead atoms. The molecule has 0 saturated carbocycles. The minimum Gasteiger partial charge on any atom is -0.496 e. The van der Waals surface area contributed by atoms with Crippen molar-refractivity contribution in [3.05, 3.63) is 23.3 Å². The molecule has 2 rings (SSSR count). The predicted octanol–water partition coefficient (Wildman–Crippen LogP) is 2.39. The molecule has 0 aliphatic carbocycles. The van der Waals surface area contributed by atoms with E-state index in [0.29, 0.717) is 13.1 Å². The molecule has 0 aromatic heterocycles. The molecule has 21 heavy (non-hydrogen) atoms. The van der Waals surface area contributed by atoms with Gasteiger partial charge in [-0.1, -0.05) is 0 Å². The lowest BCUT2D eigenvalue weighted by Crippen LogP contribution is -2.21. The molecule has 6 heteroatoms. The molecule has 4 nitrogen and oxygen atoms in total. The zero-order chi connectivity index (χ0) is 15.2. The van der Waals surface area contributed by atoms with Gasteiger partial charge in [-0.2, -0.15) is 0 Å². The standard InChI is InChI=1S/C15H21F2NO3/c1-10-5-11-6-13(19-2)12(7-14(11)21-10)8-18-3-4-20-9-15(16)17/h6-7,10,15,18H,3-5,8-9H2,1-2H3. The van der Waals surface area contributed by atoms with Gasteiger partial charge < -0.3 is 19.5 Å². The summed E-state index contributed by atoms with van der Waals surface area (Å²) in [5.74, 6) is 1.71. The maximum atomic E-state index is 11.9. The third kappa shape index (κ3) is 4.54. The minimum atomic E-state index is -2.42. The summed E-state index contributed by atoms with van der Waals surface area (Å²) >= 11 is 0. The number of alkyl halides is 2. The maximum Gasteiger partial charge on any atom is 0.261 e. The van der Waals surface area contributed by atoms with E-state index in [4.69, 9.17) is 14.2 Å². The molecule has 0 saturated heterocycles. The molecular weight excluding hydrogens is 280 g/mol. The number of ether oxygens (including phenoxy) is 3. The van der Waals surface area contributed by atoms with Crippen LogP contribution in [-0.2, 0) is 17.7 Å². The number of benzene rings is 1. The Morgan fingerprint density at radius 2 is 2.24 bits per heavy atom. The van der Waals surface area contributed by atoms with Crippen LogP contribution >= 0.6 is 0 Å². The first-order valence-corrected chi connectivity index (χ1v) is 7.03. The zero-order valence-electron chi connectivity index (χ0n) is 12.3. The van der Waals surface area contributed by atoms with E-state index in [0.717, 1.165) is 29.0 Å². The molecular formula is C15H21F2NO3. The first kappa shape index (κ1) is 16.0. The van der Waals surface area contributed by atoms with Crippen molar-refractivity contribution >= 4 is 0 Å². The average molecular weight is 301 g/mol. The smallest absolute Gasteiger partial charge is 0.261 e. The second kappa shape index (κ2) is 7.56. The number of halogens is 2.